The Bertz CT molecular complexity index is 1780. The van der Waals surface area contributed by atoms with E-state index < -0.39 is 23.5 Å². The summed E-state index contributed by atoms with van der Waals surface area (Å²) in [6, 6.07) is 3.46. The monoisotopic (exact) mass is 635 g/mol. The molecule has 9 nitrogen and oxygen atoms in total. The van der Waals surface area contributed by atoms with E-state index in [1.54, 1.807) is 6.92 Å². The second-order valence-corrected chi connectivity index (χ2v) is 14.6. The third kappa shape index (κ3) is 5.80. The van der Waals surface area contributed by atoms with Crippen molar-refractivity contribution >= 4 is 34.5 Å². The minimum atomic E-state index is -1.33. The number of hydrogen-bond donors (Lipinski definition) is 1. The van der Waals surface area contributed by atoms with Gasteiger partial charge in [0.1, 0.15) is 5.65 Å². The van der Waals surface area contributed by atoms with Gasteiger partial charge in [0.15, 0.2) is 22.7 Å². The predicted molar refractivity (Wildman–Crippen MR) is 175 cm³/mol. The first kappa shape index (κ1) is 31.4. The number of anilines is 1. The smallest absolute Gasteiger partial charge is 0.337 e. The van der Waals surface area contributed by atoms with E-state index in [9.17, 15) is 9.90 Å². The Hall–Kier alpha value is -3.57. The highest BCUT2D eigenvalue weighted by atomic mass is 32.1. The number of nitrogens with zero attached hydrogens (tertiary/aromatic N) is 5. The van der Waals surface area contributed by atoms with Gasteiger partial charge in [0.05, 0.1) is 17.9 Å². The van der Waals surface area contributed by atoms with Crippen LogP contribution in [0.25, 0.3) is 32.9 Å². The standard InChI is InChI=1S/C34H42FN5O4S/c1-17-12-18(2)16-40(15-17)33-37-31(45-38-33)25-14-23-27(22-13-24(35)28-21(19(22)3)10-9-11-43-28)26(20(4)36-30(23)39(25)8)29(32(41)42)44-34(5,6)7/h13-14,17-18,29H,9-12,15-16H2,1-8H3,(H,41,42)/t17-,18+,29-/m0/s1. The largest absolute Gasteiger partial charge is 0.490 e. The van der Waals surface area contributed by atoms with Crippen LogP contribution in [0.15, 0.2) is 12.1 Å². The number of benzene rings is 1. The summed E-state index contributed by atoms with van der Waals surface area (Å²) < 4.78 is 34.4. The van der Waals surface area contributed by atoms with Crippen LogP contribution in [0.2, 0.25) is 0 Å². The fourth-order valence-corrected chi connectivity index (χ4v) is 7.79. The molecule has 0 aliphatic carbocycles. The lowest BCUT2D eigenvalue weighted by molar-refractivity contribution is -0.160. The van der Waals surface area contributed by atoms with Gasteiger partial charge < -0.3 is 24.0 Å². The third-order valence-electron chi connectivity index (χ3n) is 8.85. The number of hydrogen-bond acceptors (Lipinski definition) is 8. The number of piperidine rings is 1. The van der Waals surface area contributed by atoms with Crippen LogP contribution in [-0.2, 0) is 23.0 Å². The van der Waals surface area contributed by atoms with Crippen LogP contribution in [0.5, 0.6) is 5.75 Å². The summed E-state index contributed by atoms with van der Waals surface area (Å²) in [4.78, 5) is 25.0. The summed E-state index contributed by atoms with van der Waals surface area (Å²) in [7, 11) is 1.92. The summed E-state index contributed by atoms with van der Waals surface area (Å²) >= 11 is 1.33. The minimum absolute atomic E-state index is 0.281. The summed E-state index contributed by atoms with van der Waals surface area (Å²) in [5, 5.41) is 11.9. The number of rotatable bonds is 6. The molecular weight excluding hydrogens is 593 g/mol. The highest BCUT2D eigenvalue weighted by Crippen LogP contribution is 2.46. The van der Waals surface area contributed by atoms with Crippen molar-refractivity contribution in [1.82, 2.24) is 18.9 Å². The number of ether oxygens (including phenoxy) is 2. The molecule has 5 heterocycles. The van der Waals surface area contributed by atoms with E-state index in [0.29, 0.717) is 58.3 Å². The van der Waals surface area contributed by atoms with Gasteiger partial charge in [-0.3, -0.25) is 0 Å². The molecule has 1 aromatic carbocycles. The maximum Gasteiger partial charge on any atom is 0.337 e. The number of aryl methyl sites for hydroxylation is 2. The first-order valence-corrected chi connectivity index (χ1v) is 16.5. The molecule has 1 fully saturated rings. The van der Waals surface area contributed by atoms with E-state index in [-0.39, 0.29) is 5.75 Å². The number of carboxylic acids is 1. The molecule has 1 N–H and O–H groups in total. The quantitative estimate of drug-likeness (QED) is 0.236. The van der Waals surface area contributed by atoms with Gasteiger partial charge in [-0.05, 0) is 101 Å². The molecule has 2 aliphatic rings. The average Bonchev–Trinajstić information content (AvgIpc) is 3.57. The van der Waals surface area contributed by atoms with Gasteiger partial charge in [0, 0.05) is 47.9 Å². The first-order valence-electron chi connectivity index (χ1n) is 15.7. The average molecular weight is 636 g/mol. The molecule has 0 unspecified atom stereocenters. The zero-order valence-corrected chi connectivity index (χ0v) is 28.1. The van der Waals surface area contributed by atoms with Gasteiger partial charge in [-0.15, -0.1) is 0 Å². The molecule has 4 aromatic rings. The fourth-order valence-electron chi connectivity index (χ4n) is 7.05. The molecule has 3 aromatic heterocycles. The molecule has 0 saturated carbocycles. The van der Waals surface area contributed by atoms with Crippen molar-refractivity contribution in [2.75, 3.05) is 24.6 Å². The number of halogens is 1. The van der Waals surface area contributed by atoms with Crippen molar-refractivity contribution in [3.63, 3.8) is 0 Å². The lowest BCUT2D eigenvalue weighted by Gasteiger charge is -2.34. The Morgan fingerprint density at radius 2 is 1.89 bits per heavy atom. The fraction of sp³-hybridized carbons (Fsp3) is 0.529. The van der Waals surface area contributed by atoms with Crippen LogP contribution in [0.3, 0.4) is 0 Å². The summed E-state index contributed by atoms with van der Waals surface area (Å²) in [6.07, 6.45) is 1.32. The van der Waals surface area contributed by atoms with E-state index in [4.69, 9.17) is 23.8 Å². The summed E-state index contributed by atoms with van der Waals surface area (Å²) in [6.45, 7) is 16.0. The molecule has 3 atom stereocenters. The molecule has 11 heteroatoms. The number of pyridine rings is 1. The van der Waals surface area contributed by atoms with Gasteiger partial charge in [0.2, 0.25) is 5.95 Å². The summed E-state index contributed by atoms with van der Waals surface area (Å²) in [5.74, 6) is 0.538. The molecule has 45 heavy (non-hydrogen) atoms. The molecule has 0 radical (unpaired) electrons. The highest BCUT2D eigenvalue weighted by Gasteiger charge is 2.35. The van der Waals surface area contributed by atoms with Gasteiger partial charge in [-0.25, -0.2) is 14.2 Å². The van der Waals surface area contributed by atoms with Gasteiger partial charge in [-0.2, -0.15) is 9.36 Å². The summed E-state index contributed by atoms with van der Waals surface area (Å²) in [5.41, 5.74) is 4.48. The first-order chi connectivity index (χ1) is 21.2. The van der Waals surface area contributed by atoms with Gasteiger partial charge in [0.25, 0.3) is 0 Å². The van der Waals surface area contributed by atoms with Crippen molar-refractivity contribution < 1.29 is 23.8 Å². The van der Waals surface area contributed by atoms with Crippen LogP contribution in [-0.4, -0.2) is 55.3 Å². The molecule has 0 spiro atoms. The predicted octanol–water partition coefficient (Wildman–Crippen LogP) is 7.26. The highest BCUT2D eigenvalue weighted by molar-refractivity contribution is 7.09. The van der Waals surface area contributed by atoms with Crippen LogP contribution >= 0.6 is 11.5 Å². The minimum Gasteiger partial charge on any atom is -0.490 e. The number of aliphatic carboxylic acids is 1. The maximum atomic E-state index is 15.7. The normalized spacial score (nSPS) is 19.4. The van der Waals surface area contributed by atoms with Crippen molar-refractivity contribution in [2.24, 2.45) is 18.9 Å². The van der Waals surface area contributed by atoms with Crippen molar-refractivity contribution in [3.05, 3.63) is 40.3 Å². The second-order valence-electron chi connectivity index (χ2n) is 13.8. The second kappa shape index (κ2) is 11.7. The Kier molecular flexibility index (Phi) is 8.14. The molecule has 0 amide bonds. The third-order valence-corrected chi connectivity index (χ3v) is 9.58. The Morgan fingerprint density at radius 3 is 2.56 bits per heavy atom. The number of carbonyl (C=O) groups is 1. The van der Waals surface area contributed by atoms with Crippen LogP contribution < -0.4 is 9.64 Å². The zero-order chi connectivity index (χ0) is 32.4. The van der Waals surface area contributed by atoms with Crippen LogP contribution in [0, 0.1) is 31.5 Å². The molecule has 6 rings (SSSR count). The molecule has 240 valence electrons. The lowest BCUT2D eigenvalue weighted by atomic mass is 9.86. The maximum absolute atomic E-state index is 15.7. The van der Waals surface area contributed by atoms with Crippen LogP contribution in [0.4, 0.5) is 10.3 Å². The van der Waals surface area contributed by atoms with Crippen molar-refractivity contribution in [3.8, 4) is 27.6 Å². The van der Waals surface area contributed by atoms with Crippen molar-refractivity contribution in [1.29, 1.82) is 0 Å². The number of fused-ring (bicyclic) bond motifs is 2. The Morgan fingerprint density at radius 1 is 1.18 bits per heavy atom. The number of carboxylic acid groups (broad SMARTS) is 1. The zero-order valence-electron chi connectivity index (χ0n) is 27.3. The number of aromatic nitrogens is 4. The van der Waals surface area contributed by atoms with E-state index in [1.165, 1.54) is 24.0 Å². The topological polar surface area (TPSA) is 103 Å². The Balaban J connectivity index is 1.59. The molecule has 2 aliphatic heterocycles. The van der Waals surface area contributed by atoms with Gasteiger partial charge in [-0.1, -0.05) is 13.8 Å². The van der Waals surface area contributed by atoms with Gasteiger partial charge >= 0.3 is 5.97 Å². The SMILES string of the molecule is Cc1nc2c(cc(-c3nc(N4C[C@H](C)C[C@H](C)C4)ns3)n2C)c(-c2cc(F)c3c(c2C)CCCO3)c1[C@H](OC(C)(C)C)C(=O)O. The molecule has 0 bridgehead atoms. The van der Waals surface area contributed by atoms with Crippen LogP contribution in [0.1, 0.15) is 75.9 Å². The Labute approximate surface area is 267 Å². The lowest BCUT2D eigenvalue weighted by Crippen LogP contribution is -2.39. The van der Waals surface area contributed by atoms with E-state index >= 15 is 4.39 Å². The van der Waals surface area contributed by atoms with E-state index in [1.807, 2.05) is 45.4 Å². The van der Waals surface area contributed by atoms with Crippen molar-refractivity contribution in [2.45, 2.75) is 79.4 Å². The van der Waals surface area contributed by atoms with E-state index in [0.717, 1.165) is 47.3 Å². The molecule has 1 saturated heterocycles. The van der Waals surface area contributed by atoms with E-state index in [2.05, 4.69) is 18.7 Å². The molecular formula is C34H42FN5O4S.